The van der Waals surface area contributed by atoms with E-state index in [1.54, 1.807) is 0 Å². The number of rotatable bonds is 2. The third-order valence-electron chi connectivity index (χ3n) is 2.87. The highest BCUT2D eigenvalue weighted by molar-refractivity contribution is 9.10. The number of hydrogen-bond donors (Lipinski definition) is 1. The summed E-state index contributed by atoms with van der Waals surface area (Å²) in [6, 6.07) is 8.68. The van der Waals surface area contributed by atoms with Gasteiger partial charge in [0.25, 0.3) is 0 Å². The smallest absolute Gasteiger partial charge is 0.0177 e. The zero-order valence-electron chi connectivity index (χ0n) is 8.71. The second-order valence-corrected chi connectivity index (χ2v) is 4.94. The summed E-state index contributed by atoms with van der Waals surface area (Å²) in [6.07, 6.45) is 3.89. The maximum atomic E-state index is 3.51. The molecule has 0 amide bonds. The zero-order chi connectivity index (χ0) is 9.80. The van der Waals surface area contributed by atoms with Gasteiger partial charge in [-0.05, 0) is 56.0 Å². The topological polar surface area (TPSA) is 12.0 Å². The van der Waals surface area contributed by atoms with Gasteiger partial charge < -0.3 is 5.32 Å². The third kappa shape index (κ3) is 4.13. The average molecular weight is 291 g/mol. The summed E-state index contributed by atoms with van der Waals surface area (Å²) in [5.41, 5.74) is 1.46. The van der Waals surface area contributed by atoms with Crippen molar-refractivity contribution in [3.05, 3.63) is 34.3 Å². The van der Waals surface area contributed by atoms with Crippen LogP contribution in [0, 0.1) is 5.92 Å². The molecule has 0 saturated carbocycles. The second-order valence-electron chi connectivity index (χ2n) is 4.03. The van der Waals surface area contributed by atoms with E-state index in [4.69, 9.17) is 0 Å². The molecule has 1 aliphatic heterocycles. The van der Waals surface area contributed by atoms with Crippen LogP contribution in [0.4, 0.5) is 0 Å². The first-order valence-corrected chi connectivity index (χ1v) is 6.09. The molecule has 1 N–H and O–H groups in total. The third-order valence-corrected chi connectivity index (χ3v) is 3.37. The number of halogens is 2. The van der Waals surface area contributed by atoms with Gasteiger partial charge in [0, 0.05) is 4.47 Å². The van der Waals surface area contributed by atoms with E-state index in [1.165, 1.54) is 42.4 Å². The normalized spacial score (nSPS) is 17.1. The maximum Gasteiger partial charge on any atom is 0.0177 e. The minimum Gasteiger partial charge on any atom is -0.317 e. The molecule has 0 atom stereocenters. The molecule has 0 aromatic heterocycles. The minimum atomic E-state index is 0. The molecule has 0 unspecified atom stereocenters. The van der Waals surface area contributed by atoms with Crippen LogP contribution in [0.1, 0.15) is 18.4 Å². The van der Waals surface area contributed by atoms with E-state index < -0.39 is 0 Å². The van der Waals surface area contributed by atoms with E-state index >= 15 is 0 Å². The summed E-state index contributed by atoms with van der Waals surface area (Å²) < 4.78 is 1.20. The summed E-state index contributed by atoms with van der Waals surface area (Å²) in [5, 5.41) is 3.40. The lowest BCUT2D eigenvalue weighted by atomic mass is 9.91. The Morgan fingerprint density at radius 2 is 2.00 bits per heavy atom. The molecule has 0 bridgehead atoms. The van der Waals surface area contributed by atoms with Gasteiger partial charge in [-0.1, -0.05) is 28.1 Å². The summed E-state index contributed by atoms with van der Waals surface area (Å²) >= 11 is 3.51. The molecule has 3 heteroatoms. The fraction of sp³-hybridized carbons (Fsp3) is 0.500. The SMILES string of the molecule is Brc1cccc(CC2CCNCC2)c1.Cl. The van der Waals surface area contributed by atoms with Gasteiger partial charge in [0.2, 0.25) is 0 Å². The van der Waals surface area contributed by atoms with Crippen molar-refractivity contribution in [2.75, 3.05) is 13.1 Å². The standard InChI is InChI=1S/C12H16BrN.ClH/c13-12-3-1-2-11(9-12)8-10-4-6-14-7-5-10;/h1-3,9-10,14H,4-8H2;1H. The molecule has 1 saturated heterocycles. The summed E-state index contributed by atoms with van der Waals surface area (Å²) in [4.78, 5) is 0. The van der Waals surface area contributed by atoms with Crippen LogP contribution in [-0.4, -0.2) is 13.1 Å². The summed E-state index contributed by atoms with van der Waals surface area (Å²) in [7, 11) is 0. The van der Waals surface area contributed by atoms with Crippen LogP contribution in [-0.2, 0) is 6.42 Å². The van der Waals surface area contributed by atoms with E-state index in [2.05, 4.69) is 45.5 Å². The lowest BCUT2D eigenvalue weighted by molar-refractivity contribution is 0.372. The van der Waals surface area contributed by atoms with Gasteiger partial charge >= 0.3 is 0 Å². The van der Waals surface area contributed by atoms with Crippen molar-refractivity contribution in [3.8, 4) is 0 Å². The highest BCUT2D eigenvalue weighted by Gasteiger charge is 2.13. The van der Waals surface area contributed by atoms with Gasteiger partial charge in [-0.15, -0.1) is 12.4 Å². The van der Waals surface area contributed by atoms with Crippen molar-refractivity contribution in [1.82, 2.24) is 5.32 Å². The Labute approximate surface area is 106 Å². The number of piperidine rings is 1. The quantitative estimate of drug-likeness (QED) is 0.880. The molecule has 0 radical (unpaired) electrons. The molecular formula is C12H17BrClN. The lowest BCUT2D eigenvalue weighted by Crippen LogP contribution is -2.28. The molecule has 1 nitrogen and oxygen atoms in total. The van der Waals surface area contributed by atoms with Crippen molar-refractivity contribution < 1.29 is 0 Å². The average Bonchev–Trinajstić information content (AvgIpc) is 2.19. The van der Waals surface area contributed by atoms with Crippen LogP contribution < -0.4 is 5.32 Å². The van der Waals surface area contributed by atoms with Crippen LogP contribution in [0.3, 0.4) is 0 Å². The molecule has 2 rings (SSSR count). The van der Waals surface area contributed by atoms with E-state index in [9.17, 15) is 0 Å². The van der Waals surface area contributed by atoms with Crippen LogP contribution in [0.5, 0.6) is 0 Å². The second kappa shape index (κ2) is 6.51. The van der Waals surface area contributed by atoms with Gasteiger partial charge in [-0.25, -0.2) is 0 Å². The molecule has 1 aromatic rings. The fourth-order valence-corrected chi connectivity index (χ4v) is 2.53. The minimum absolute atomic E-state index is 0. The predicted molar refractivity (Wildman–Crippen MR) is 70.7 cm³/mol. The molecule has 1 heterocycles. The first-order chi connectivity index (χ1) is 6.84. The molecule has 0 spiro atoms. The molecule has 1 fully saturated rings. The number of benzene rings is 1. The Bertz CT molecular complexity index is 297. The molecule has 1 aliphatic rings. The van der Waals surface area contributed by atoms with Crippen molar-refractivity contribution in [1.29, 1.82) is 0 Å². The largest absolute Gasteiger partial charge is 0.317 e. The number of nitrogens with one attached hydrogen (secondary N) is 1. The van der Waals surface area contributed by atoms with Crippen molar-refractivity contribution in [3.63, 3.8) is 0 Å². The molecule has 84 valence electrons. The van der Waals surface area contributed by atoms with Crippen LogP contribution >= 0.6 is 28.3 Å². The first kappa shape index (κ1) is 13.0. The summed E-state index contributed by atoms with van der Waals surface area (Å²) in [5.74, 6) is 0.880. The molecule has 15 heavy (non-hydrogen) atoms. The Morgan fingerprint density at radius 1 is 1.27 bits per heavy atom. The monoisotopic (exact) mass is 289 g/mol. The fourth-order valence-electron chi connectivity index (χ4n) is 2.08. The molecule has 0 aliphatic carbocycles. The zero-order valence-corrected chi connectivity index (χ0v) is 11.1. The Balaban J connectivity index is 0.00000112. The van der Waals surface area contributed by atoms with Crippen molar-refractivity contribution >= 4 is 28.3 Å². The Hall–Kier alpha value is -0.0500. The molecule has 1 aromatic carbocycles. The van der Waals surface area contributed by atoms with Crippen LogP contribution in [0.2, 0.25) is 0 Å². The van der Waals surface area contributed by atoms with Crippen LogP contribution in [0.25, 0.3) is 0 Å². The maximum absolute atomic E-state index is 3.51. The number of hydrogen-bond acceptors (Lipinski definition) is 1. The van der Waals surface area contributed by atoms with E-state index in [0.29, 0.717) is 0 Å². The Kier molecular flexibility index (Phi) is 5.65. The first-order valence-electron chi connectivity index (χ1n) is 5.30. The van der Waals surface area contributed by atoms with E-state index in [-0.39, 0.29) is 12.4 Å². The predicted octanol–water partition coefficient (Wildman–Crippen LogP) is 3.41. The summed E-state index contributed by atoms with van der Waals surface area (Å²) in [6.45, 7) is 2.39. The highest BCUT2D eigenvalue weighted by Crippen LogP contribution is 2.20. The van der Waals surface area contributed by atoms with Gasteiger partial charge in [-0.3, -0.25) is 0 Å². The Morgan fingerprint density at radius 3 is 2.67 bits per heavy atom. The molecular weight excluding hydrogens is 273 g/mol. The van der Waals surface area contributed by atoms with Crippen molar-refractivity contribution in [2.45, 2.75) is 19.3 Å². The van der Waals surface area contributed by atoms with E-state index in [1.807, 2.05) is 0 Å². The van der Waals surface area contributed by atoms with Crippen LogP contribution in [0.15, 0.2) is 28.7 Å². The van der Waals surface area contributed by atoms with Gasteiger partial charge in [0.05, 0.1) is 0 Å². The van der Waals surface area contributed by atoms with Gasteiger partial charge in [0.1, 0.15) is 0 Å². The van der Waals surface area contributed by atoms with Gasteiger partial charge in [0.15, 0.2) is 0 Å². The van der Waals surface area contributed by atoms with Gasteiger partial charge in [-0.2, -0.15) is 0 Å². The lowest BCUT2D eigenvalue weighted by Gasteiger charge is -2.22. The van der Waals surface area contributed by atoms with Crippen molar-refractivity contribution in [2.24, 2.45) is 5.92 Å². The highest BCUT2D eigenvalue weighted by atomic mass is 79.9. The van der Waals surface area contributed by atoms with E-state index in [0.717, 1.165) is 5.92 Å².